The lowest BCUT2D eigenvalue weighted by molar-refractivity contribution is 0.756. The fourth-order valence-electron chi connectivity index (χ4n) is 2.30. The van der Waals surface area contributed by atoms with E-state index in [1.165, 1.54) is 5.56 Å². The number of fused-ring (bicyclic) bond motifs is 1. The Morgan fingerprint density at radius 2 is 2.15 bits per heavy atom. The largest absolute Gasteiger partial charge is 0.378 e. The minimum absolute atomic E-state index is 0.729. The Kier molecular flexibility index (Phi) is 3.44. The van der Waals surface area contributed by atoms with Crippen LogP contribution in [-0.4, -0.2) is 14.8 Å². The Bertz CT molecular complexity index is 764. The summed E-state index contributed by atoms with van der Waals surface area (Å²) in [6.45, 7) is 2.73. The van der Waals surface area contributed by atoms with E-state index in [1.54, 1.807) is 0 Å². The summed E-state index contributed by atoms with van der Waals surface area (Å²) in [4.78, 5) is 4.49. The van der Waals surface area contributed by atoms with Crippen LogP contribution in [-0.2, 0) is 13.6 Å². The van der Waals surface area contributed by atoms with Crippen molar-refractivity contribution < 1.29 is 0 Å². The van der Waals surface area contributed by atoms with E-state index in [4.69, 9.17) is 0 Å². The molecule has 0 fully saturated rings. The molecule has 0 radical (unpaired) electrons. The van der Waals surface area contributed by atoms with E-state index in [0.29, 0.717) is 0 Å². The Morgan fingerprint density at radius 1 is 1.30 bits per heavy atom. The van der Waals surface area contributed by atoms with Crippen molar-refractivity contribution in [1.29, 1.82) is 0 Å². The summed E-state index contributed by atoms with van der Waals surface area (Å²) in [6.07, 6.45) is 3.82. The van der Waals surface area contributed by atoms with Gasteiger partial charge in [0.25, 0.3) is 0 Å². The molecular weight excluding hydrogens is 316 g/mol. The third-order valence-corrected chi connectivity index (χ3v) is 3.97. The third kappa shape index (κ3) is 2.41. The number of anilines is 1. The van der Waals surface area contributed by atoms with Crippen LogP contribution in [0.3, 0.4) is 0 Å². The highest BCUT2D eigenvalue weighted by Crippen LogP contribution is 2.26. The molecule has 0 unspecified atom stereocenters. The van der Waals surface area contributed by atoms with Gasteiger partial charge in [0.2, 0.25) is 0 Å². The molecule has 4 nitrogen and oxygen atoms in total. The first-order valence-corrected chi connectivity index (χ1v) is 7.20. The standard InChI is InChI=1S/C15H15BrN4/c1-10-14(9-20(2)19-10)18-8-11-5-6-13(16)12-4-3-7-17-15(11)12/h3-7,9,18H,8H2,1-2H3. The molecule has 2 aromatic heterocycles. The molecule has 2 heterocycles. The van der Waals surface area contributed by atoms with Crippen molar-refractivity contribution in [3.05, 3.63) is 52.4 Å². The van der Waals surface area contributed by atoms with E-state index < -0.39 is 0 Å². The van der Waals surface area contributed by atoms with Crippen molar-refractivity contribution in [2.45, 2.75) is 13.5 Å². The second-order valence-corrected chi connectivity index (χ2v) is 5.62. The number of hydrogen-bond acceptors (Lipinski definition) is 3. The fourth-order valence-corrected chi connectivity index (χ4v) is 2.75. The molecule has 0 spiro atoms. The molecule has 0 aliphatic heterocycles. The molecule has 3 rings (SSSR count). The predicted molar refractivity (Wildman–Crippen MR) is 84.7 cm³/mol. The van der Waals surface area contributed by atoms with Crippen LogP contribution in [0, 0.1) is 6.92 Å². The topological polar surface area (TPSA) is 42.7 Å². The van der Waals surface area contributed by atoms with Gasteiger partial charge < -0.3 is 5.32 Å². The number of rotatable bonds is 3. The molecule has 0 aliphatic rings. The van der Waals surface area contributed by atoms with Crippen molar-refractivity contribution in [1.82, 2.24) is 14.8 Å². The Balaban J connectivity index is 1.92. The average Bonchev–Trinajstić information content (AvgIpc) is 2.77. The van der Waals surface area contributed by atoms with Crippen molar-refractivity contribution in [2.75, 3.05) is 5.32 Å². The molecule has 0 saturated carbocycles. The zero-order chi connectivity index (χ0) is 14.1. The molecule has 3 aromatic rings. The fraction of sp³-hybridized carbons (Fsp3) is 0.200. The van der Waals surface area contributed by atoms with Crippen molar-refractivity contribution in [3.8, 4) is 0 Å². The minimum Gasteiger partial charge on any atom is -0.378 e. The molecule has 1 aromatic carbocycles. The molecular formula is C15H15BrN4. The highest BCUT2D eigenvalue weighted by molar-refractivity contribution is 9.10. The van der Waals surface area contributed by atoms with Crippen molar-refractivity contribution >= 4 is 32.5 Å². The van der Waals surface area contributed by atoms with Gasteiger partial charge in [0.1, 0.15) is 0 Å². The molecule has 5 heteroatoms. The lowest BCUT2D eigenvalue weighted by atomic mass is 10.1. The second-order valence-electron chi connectivity index (χ2n) is 4.76. The number of benzene rings is 1. The molecule has 1 N–H and O–H groups in total. The lowest BCUT2D eigenvalue weighted by Crippen LogP contribution is -2.01. The van der Waals surface area contributed by atoms with Crippen molar-refractivity contribution in [2.24, 2.45) is 7.05 Å². The average molecular weight is 331 g/mol. The van der Waals surface area contributed by atoms with Gasteiger partial charge >= 0.3 is 0 Å². The van der Waals surface area contributed by atoms with Crippen LogP contribution in [0.4, 0.5) is 5.69 Å². The van der Waals surface area contributed by atoms with E-state index in [2.05, 4.69) is 49.5 Å². The maximum Gasteiger partial charge on any atom is 0.0825 e. The van der Waals surface area contributed by atoms with Crippen molar-refractivity contribution in [3.63, 3.8) is 0 Å². The number of nitrogens with one attached hydrogen (secondary N) is 1. The molecule has 20 heavy (non-hydrogen) atoms. The molecule has 0 atom stereocenters. The SMILES string of the molecule is Cc1nn(C)cc1NCc1ccc(Br)c2cccnc12. The zero-order valence-electron chi connectivity index (χ0n) is 11.4. The Labute approximate surface area is 126 Å². The summed E-state index contributed by atoms with van der Waals surface area (Å²) in [5, 5.41) is 8.89. The minimum atomic E-state index is 0.729. The number of nitrogens with zero attached hydrogens (tertiary/aromatic N) is 3. The van der Waals surface area contributed by atoms with Gasteiger partial charge in [-0.1, -0.05) is 28.1 Å². The first-order valence-electron chi connectivity index (χ1n) is 6.41. The van der Waals surface area contributed by atoms with Gasteiger partial charge in [-0.05, 0) is 24.6 Å². The summed E-state index contributed by atoms with van der Waals surface area (Å²) in [6, 6.07) is 8.19. The van der Waals surface area contributed by atoms with Crippen LogP contribution in [0.1, 0.15) is 11.3 Å². The van der Waals surface area contributed by atoms with Crippen LogP contribution < -0.4 is 5.32 Å². The summed E-state index contributed by atoms with van der Waals surface area (Å²) in [5.74, 6) is 0. The smallest absolute Gasteiger partial charge is 0.0825 e. The number of aromatic nitrogens is 3. The van der Waals surface area contributed by atoms with Gasteiger partial charge in [-0.3, -0.25) is 9.67 Å². The lowest BCUT2D eigenvalue weighted by Gasteiger charge is -2.09. The quantitative estimate of drug-likeness (QED) is 0.797. The monoisotopic (exact) mass is 330 g/mol. The Morgan fingerprint density at radius 3 is 2.90 bits per heavy atom. The van der Waals surface area contributed by atoms with E-state index >= 15 is 0 Å². The van der Waals surface area contributed by atoms with Crippen LogP contribution in [0.25, 0.3) is 10.9 Å². The van der Waals surface area contributed by atoms with Gasteiger partial charge in [-0.2, -0.15) is 5.10 Å². The summed E-state index contributed by atoms with van der Waals surface area (Å²) in [7, 11) is 1.93. The highest BCUT2D eigenvalue weighted by Gasteiger charge is 2.07. The van der Waals surface area contributed by atoms with Gasteiger partial charge in [0.15, 0.2) is 0 Å². The van der Waals surface area contributed by atoms with Crippen LogP contribution >= 0.6 is 15.9 Å². The van der Waals surface area contributed by atoms with Gasteiger partial charge in [-0.15, -0.1) is 0 Å². The Hall–Kier alpha value is -1.88. The van der Waals surface area contributed by atoms with E-state index in [1.807, 2.05) is 37.1 Å². The number of halogens is 1. The first kappa shape index (κ1) is 13.1. The molecule has 0 saturated heterocycles. The predicted octanol–water partition coefficient (Wildman–Crippen LogP) is 3.65. The maximum atomic E-state index is 4.49. The van der Waals surface area contributed by atoms with E-state index in [9.17, 15) is 0 Å². The summed E-state index contributed by atoms with van der Waals surface area (Å²) in [5.41, 5.74) is 4.25. The maximum absolute atomic E-state index is 4.49. The normalized spacial score (nSPS) is 10.9. The first-order chi connectivity index (χ1) is 9.65. The summed E-state index contributed by atoms with van der Waals surface area (Å²) >= 11 is 3.57. The van der Waals surface area contributed by atoms with E-state index in [-0.39, 0.29) is 0 Å². The van der Waals surface area contributed by atoms with Crippen LogP contribution in [0.15, 0.2) is 41.1 Å². The second kappa shape index (κ2) is 5.25. The number of hydrogen-bond donors (Lipinski definition) is 1. The zero-order valence-corrected chi connectivity index (χ0v) is 13.0. The van der Waals surface area contributed by atoms with Crippen LogP contribution in [0.5, 0.6) is 0 Å². The highest BCUT2D eigenvalue weighted by atomic mass is 79.9. The van der Waals surface area contributed by atoms with Gasteiger partial charge in [-0.25, -0.2) is 0 Å². The molecule has 102 valence electrons. The van der Waals surface area contributed by atoms with Crippen LogP contribution in [0.2, 0.25) is 0 Å². The van der Waals surface area contributed by atoms with Gasteiger partial charge in [0, 0.05) is 35.8 Å². The third-order valence-electron chi connectivity index (χ3n) is 3.28. The molecule has 0 aliphatic carbocycles. The molecule has 0 bridgehead atoms. The number of aryl methyl sites for hydroxylation is 2. The summed E-state index contributed by atoms with van der Waals surface area (Å²) < 4.78 is 2.89. The van der Waals surface area contributed by atoms with Gasteiger partial charge in [0.05, 0.1) is 16.9 Å². The molecule has 0 amide bonds. The number of pyridine rings is 1. The van der Waals surface area contributed by atoms with E-state index in [0.717, 1.165) is 33.3 Å².